The third-order valence-electron chi connectivity index (χ3n) is 3.40. The Kier molecular flexibility index (Phi) is 5.19. The molecule has 0 spiro atoms. The van der Waals surface area contributed by atoms with E-state index in [9.17, 15) is 12.8 Å². The van der Waals surface area contributed by atoms with Crippen LogP contribution in [0.25, 0.3) is 0 Å². The normalized spacial score (nSPS) is 11.6. The Morgan fingerprint density at radius 1 is 1.05 bits per heavy atom. The number of benzene rings is 2. The van der Waals surface area contributed by atoms with Crippen LogP contribution in [0.4, 0.5) is 10.1 Å². The highest BCUT2D eigenvalue weighted by atomic mass is 32.2. The third-order valence-corrected chi connectivity index (χ3v) is 5.57. The van der Waals surface area contributed by atoms with E-state index in [-0.39, 0.29) is 11.6 Å². The van der Waals surface area contributed by atoms with E-state index in [1.807, 2.05) is 24.3 Å². The summed E-state index contributed by atoms with van der Waals surface area (Å²) in [5.41, 5.74) is 2.40. The first-order chi connectivity index (χ1) is 10.4. The predicted molar refractivity (Wildman–Crippen MR) is 87.9 cm³/mol. The number of nitrogens with one attached hydrogen (secondary N) is 1. The van der Waals surface area contributed by atoms with Crippen molar-refractivity contribution < 1.29 is 12.8 Å². The second-order valence-corrected chi connectivity index (χ2v) is 8.10. The molecule has 0 radical (unpaired) electrons. The first-order valence-corrected chi connectivity index (χ1v) is 8.87. The van der Waals surface area contributed by atoms with Crippen LogP contribution in [0.15, 0.2) is 48.5 Å². The van der Waals surface area contributed by atoms with Crippen LogP contribution in [0.1, 0.15) is 25.0 Å². The Morgan fingerprint density at radius 2 is 1.73 bits per heavy atom. The van der Waals surface area contributed by atoms with E-state index in [0.717, 1.165) is 16.8 Å². The smallest absolute Gasteiger partial charge is 0.156 e. The quantitative estimate of drug-likeness (QED) is 0.881. The van der Waals surface area contributed by atoms with Gasteiger partial charge in [0.2, 0.25) is 0 Å². The van der Waals surface area contributed by atoms with Gasteiger partial charge >= 0.3 is 0 Å². The molecular formula is C17H20FNO2S. The molecule has 22 heavy (non-hydrogen) atoms. The van der Waals surface area contributed by atoms with E-state index in [1.54, 1.807) is 26.0 Å². The molecule has 2 rings (SSSR count). The van der Waals surface area contributed by atoms with E-state index >= 15 is 0 Å². The van der Waals surface area contributed by atoms with Crippen LogP contribution in [0.3, 0.4) is 0 Å². The number of halogens is 1. The second-order valence-electron chi connectivity index (χ2n) is 5.54. The number of hydrogen-bond acceptors (Lipinski definition) is 3. The van der Waals surface area contributed by atoms with Crippen LogP contribution in [-0.2, 0) is 22.1 Å². The van der Waals surface area contributed by atoms with Crippen molar-refractivity contribution in [1.82, 2.24) is 0 Å². The summed E-state index contributed by atoms with van der Waals surface area (Å²) in [5.74, 6) is -0.240. The molecule has 0 fully saturated rings. The van der Waals surface area contributed by atoms with Crippen molar-refractivity contribution in [2.45, 2.75) is 31.4 Å². The maximum atomic E-state index is 13.1. The number of anilines is 1. The second kappa shape index (κ2) is 6.92. The van der Waals surface area contributed by atoms with Gasteiger partial charge in [-0.2, -0.15) is 0 Å². The summed E-state index contributed by atoms with van der Waals surface area (Å²) >= 11 is 0. The van der Waals surface area contributed by atoms with Gasteiger partial charge in [0.15, 0.2) is 9.84 Å². The fourth-order valence-electron chi connectivity index (χ4n) is 2.02. The molecule has 0 aromatic heterocycles. The topological polar surface area (TPSA) is 46.2 Å². The number of hydrogen-bond donors (Lipinski definition) is 1. The molecule has 0 unspecified atom stereocenters. The van der Waals surface area contributed by atoms with Crippen LogP contribution >= 0.6 is 0 Å². The Balaban J connectivity index is 2.06. The average Bonchev–Trinajstić information content (AvgIpc) is 2.45. The summed E-state index contributed by atoms with van der Waals surface area (Å²) in [4.78, 5) is 0. The van der Waals surface area contributed by atoms with Gasteiger partial charge in [-0.25, -0.2) is 12.8 Å². The van der Waals surface area contributed by atoms with Crippen LogP contribution in [-0.4, -0.2) is 13.7 Å². The van der Waals surface area contributed by atoms with Gasteiger partial charge in [-0.05, 0) is 49.2 Å². The van der Waals surface area contributed by atoms with Gasteiger partial charge in [-0.3, -0.25) is 0 Å². The lowest BCUT2D eigenvalue weighted by Gasteiger charge is -2.11. The van der Waals surface area contributed by atoms with E-state index in [0.29, 0.717) is 6.54 Å². The molecular weight excluding hydrogens is 301 g/mol. The molecule has 0 aliphatic heterocycles. The molecule has 2 aromatic rings. The van der Waals surface area contributed by atoms with E-state index in [4.69, 9.17) is 0 Å². The molecule has 3 nitrogen and oxygen atoms in total. The summed E-state index contributed by atoms with van der Waals surface area (Å²) in [6.45, 7) is 3.85. The summed E-state index contributed by atoms with van der Waals surface area (Å²) in [5, 5.41) is 2.79. The number of sulfone groups is 1. The maximum absolute atomic E-state index is 13.1. The van der Waals surface area contributed by atoms with Crippen LogP contribution in [0.2, 0.25) is 0 Å². The zero-order valence-electron chi connectivity index (χ0n) is 12.7. The SMILES string of the molecule is CC(C)S(=O)(=O)Cc1cccc(NCc2cccc(F)c2)c1. The largest absolute Gasteiger partial charge is 0.381 e. The van der Waals surface area contributed by atoms with Crippen molar-refractivity contribution in [2.24, 2.45) is 0 Å². The fraction of sp³-hybridized carbons (Fsp3) is 0.294. The minimum Gasteiger partial charge on any atom is -0.381 e. The fourth-order valence-corrected chi connectivity index (χ4v) is 3.00. The first kappa shape index (κ1) is 16.5. The van der Waals surface area contributed by atoms with Crippen molar-refractivity contribution >= 4 is 15.5 Å². The van der Waals surface area contributed by atoms with Gasteiger partial charge in [-0.15, -0.1) is 0 Å². The van der Waals surface area contributed by atoms with E-state index < -0.39 is 15.1 Å². The standard InChI is InChI=1S/C17H20FNO2S/c1-13(2)22(20,21)12-15-6-4-8-17(10-15)19-11-14-5-3-7-16(18)9-14/h3-10,13,19H,11-12H2,1-2H3. The minimum atomic E-state index is -3.12. The Bertz CT molecular complexity index is 742. The molecule has 0 bridgehead atoms. The molecule has 0 amide bonds. The van der Waals surface area contributed by atoms with Crippen molar-refractivity contribution in [1.29, 1.82) is 0 Å². The van der Waals surface area contributed by atoms with Crippen molar-refractivity contribution in [3.63, 3.8) is 0 Å². The maximum Gasteiger partial charge on any atom is 0.156 e. The predicted octanol–water partition coefficient (Wildman–Crippen LogP) is 3.76. The van der Waals surface area contributed by atoms with E-state index in [2.05, 4.69) is 5.32 Å². The van der Waals surface area contributed by atoms with Crippen LogP contribution in [0, 0.1) is 5.82 Å². The summed E-state index contributed by atoms with van der Waals surface area (Å²) in [7, 11) is -3.12. The lowest BCUT2D eigenvalue weighted by molar-refractivity contribution is 0.586. The lowest BCUT2D eigenvalue weighted by Crippen LogP contribution is -2.16. The highest BCUT2D eigenvalue weighted by Gasteiger charge is 2.16. The molecule has 0 saturated carbocycles. The molecule has 0 atom stereocenters. The van der Waals surface area contributed by atoms with Crippen LogP contribution in [0.5, 0.6) is 0 Å². The molecule has 0 saturated heterocycles. The highest BCUT2D eigenvalue weighted by molar-refractivity contribution is 7.91. The summed E-state index contributed by atoms with van der Waals surface area (Å²) in [6, 6.07) is 13.7. The Hall–Kier alpha value is -1.88. The van der Waals surface area contributed by atoms with Gasteiger partial charge in [-0.1, -0.05) is 24.3 Å². The molecule has 118 valence electrons. The molecule has 0 heterocycles. The lowest BCUT2D eigenvalue weighted by atomic mass is 10.2. The highest BCUT2D eigenvalue weighted by Crippen LogP contribution is 2.16. The monoisotopic (exact) mass is 321 g/mol. The van der Waals surface area contributed by atoms with Crippen LogP contribution < -0.4 is 5.32 Å². The van der Waals surface area contributed by atoms with Crippen molar-refractivity contribution in [3.05, 3.63) is 65.5 Å². The molecule has 0 aliphatic carbocycles. The van der Waals surface area contributed by atoms with Gasteiger partial charge in [0.05, 0.1) is 11.0 Å². The first-order valence-electron chi connectivity index (χ1n) is 7.15. The molecule has 5 heteroatoms. The van der Waals surface area contributed by atoms with Crippen molar-refractivity contribution in [3.8, 4) is 0 Å². The summed E-state index contributed by atoms with van der Waals surface area (Å²) in [6.07, 6.45) is 0. The molecule has 0 aliphatic rings. The summed E-state index contributed by atoms with van der Waals surface area (Å²) < 4.78 is 37.1. The Morgan fingerprint density at radius 3 is 2.41 bits per heavy atom. The molecule has 1 N–H and O–H groups in total. The zero-order valence-corrected chi connectivity index (χ0v) is 13.5. The van der Waals surface area contributed by atoms with E-state index in [1.165, 1.54) is 12.1 Å². The minimum absolute atomic E-state index is 0.0279. The number of rotatable bonds is 6. The van der Waals surface area contributed by atoms with Gasteiger partial charge in [0, 0.05) is 12.2 Å². The van der Waals surface area contributed by atoms with Gasteiger partial charge in [0.25, 0.3) is 0 Å². The van der Waals surface area contributed by atoms with Gasteiger partial charge < -0.3 is 5.32 Å². The van der Waals surface area contributed by atoms with Crippen molar-refractivity contribution in [2.75, 3.05) is 5.32 Å². The third kappa shape index (κ3) is 4.56. The zero-order chi connectivity index (χ0) is 16.2. The van der Waals surface area contributed by atoms with Gasteiger partial charge in [0.1, 0.15) is 5.82 Å². The Labute approximate surface area is 131 Å². The molecule has 2 aromatic carbocycles. The average molecular weight is 321 g/mol.